The van der Waals surface area contributed by atoms with Crippen molar-refractivity contribution in [1.29, 1.82) is 0 Å². The van der Waals surface area contributed by atoms with Gasteiger partial charge in [-0.3, -0.25) is 9.59 Å². The Morgan fingerprint density at radius 2 is 2.26 bits per heavy atom. The van der Waals surface area contributed by atoms with Gasteiger partial charge in [0.25, 0.3) is 5.91 Å². The van der Waals surface area contributed by atoms with Crippen molar-refractivity contribution in [2.75, 3.05) is 18.8 Å². The van der Waals surface area contributed by atoms with Gasteiger partial charge >= 0.3 is 0 Å². The van der Waals surface area contributed by atoms with Crippen LogP contribution in [0.5, 0.6) is 0 Å². The largest absolute Gasteiger partial charge is 0.391 e. The summed E-state index contributed by atoms with van der Waals surface area (Å²) in [6.07, 6.45) is 5.68. The summed E-state index contributed by atoms with van der Waals surface area (Å²) in [6.45, 7) is 8.39. The van der Waals surface area contributed by atoms with Crippen LogP contribution in [-0.2, 0) is 4.79 Å². The molecule has 146 valence electrons. The number of aliphatic hydroxyl groups excluding tert-OH is 1. The number of hydrogen-bond acceptors (Lipinski definition) is 6. The van der Waals surface area contributed by atoms with E-state index >= 15 is 0 Å². The molecular weight excluding hydrogens is 348 g/mol. The zero-order chi connectivity index (χ0) is 20.0. The van der Waals surface area contributed by atoms with Gasteiger partial charge in [0, 0.05) is 25.3 Å². The Labute approximate surface area is 157 Å². The van der Waals surface area contributed by atoms with Crippen LogP contribution in [0.2, 0.25) is 0 Å². The van der Waals surface area contributed by atoms with E-state index in [0.29, 0.717) is 29.1 Å². The van der Waals surface area contributed by atoms with E-state index in [1.807, 2.05) is 13.8 Å². The minimum atomic E-state index is -0.340. The Hall–Kier alpha value is -2.94. The molecule has 1 aliphatic rings. The Morgan fingerprint density at radius 1 is 1.52 bits per heavy atom. The summed E-state index contributed by atoms with van der Waals surface area (Å²) in [5, 5.41) is 12.0. The second-order valence-electron chi connectivity index (χ2n) is 6.61. The third-order valence-electron chi connectivity index (χ3n) is 3.95. The maximum Gasteiger partial charge on any atom is 0.255 e. The molecule has 1 saturated heterocycles. The van der Waals surface area contributed by atoms with Crippen LogP contribution >= 0.6 is 0 Å². The summed E-state index contributed by atoms with van der Waals surface area (Å²) < 4.78 is 0. The fourth-order valence-electron chi connectivity index (χ4n) is 2.70. The number of aliphatic hydroxyl groups is 1. The van der Waals surface area contributed by atoms with Crippen LogP contribution in [0.1, 0.15) is 37.0 Å². The molecule has 9 heteroatoms. The predicted octanol–water partition coefficient (Wildman–Crippen LogP) is 0.834. The number of aromatic amines is 1. The number of nitrogen functional groups attached to an aromatic ring is 1. The molecule has 27 heavy (non-hydrogen) atoms. The molecule has 5 N–H and O–H groups in total. The molecule has 0 spiro atoms. The van der Waals surface area contributed by atoms with Gasteiger partial charge in [0.15, 0.2) is 5.65 Å². The molecule has 9 nitrogen and oxygen atoms in total. The fraction of sp³-hybridized carbons (Fsp3) is 0.444. The van der Waals surface area contributed by atoms with Gasteiger partial charge in [0.2, 0.25) is 5.91 Å². The first-order valence-electron chi connectivity index (χ1n) is 8.81. The van der Waals surface area contributed by atoms with Crippen molar-refractivity contribution >= 4 is 28.8 Å². The number of carbonyl (C=O) groups is 2. The van der Waals surface area contributed by atoms with Crippen molar-refractivity contribution in [2.24, 2.45) is 0 Å². The van der Waals surface area contributed by atoms with Gasteiger partial charge in [-0.15, -0.1) is 0 Å². The van der Waals surface area contributed by atoms with Crippen molar-refractivity contribution in [1.82, 2.24) is 25.2 Å². The molecule has 0 radical (unpaired) electrons. The zero-order valence-electron chi connectivity index (χ0n) is 15.6. The number of nitrogens with two attached hydrogens (primary N) is 1. The van der Waals surface area contributed by atoms with E-state index < -0.39 is 0 Å². The lowest BCUT2D eigenvalue weighted by atomic mass is 10.1. The van der Waals surface area contributed by atoms with Gasteiger partial charge in [0.05, 0.1) is 17.9 Å². The number of β-amino-alcohol motifs (C(OH)–C–C–N with tert-alkyl or cyclic N) is 1. The number of piperidine rings is 1. The summed E-state index contributed by atoms with van der Waals surface area (Å²) in [6, 6.07) is 0.0754. The van der Waals surface area contributed by atoms with E-state index in [2.05, 4.69) is 26.8 Å². The molecule has 1 unspecified atom stereocenters. The Kier molecular flexibility index (Phi) is 6.89. The SMILES string of the molecule is C=CC(=O)N1CCCC(O)C1.CC(C)NC(=O)c1c[nH]c2ncc(N)nc12. The molecule has 3 rings (SSSR count). The van der Waals surface area contributed by atoms with Crippen LogP contribution in [0.25, 0.3) is 11.2 Å². The second-order valence-corrected chi connectivity index (χ2v) is 6.61. The zero-order valence-corrected chi connectivity index (χ0v) is 15.6. The number of anilines is 1. The number of nitrogens with one attached hydrogen (secondary N) is 2. The number of amides is 2. The highest BCUT2D eigenvalue weighted by Crippen LogP contribution is 2.15. The quantitative estimate of drug-likeness (QED) is 0.587. The van der Waals surface area contributed by atoms with Gasteiger partial charge in [0.1, 0.15) is 11.3 Å². The lowest BCUT2D eigenvalue weighted by Gasteiger charge is -2.28. The molecule has 0 aliphatic carbocycles. The highest BCUT2D eigenvalue weighted by Gasteiger charge is 2.19. The molecule has 2 aromatic rings. The number of likely N-dealkylation sites (tertiary alicyclic amines) is 1. The normalized spacial score (nSPS) is 16.6. The van der Waals surface area contributed by atoms with Crippen molar-refractivity contribution in [3.63, 3.8) is 0 Å². The van der Waals surface area contributed by atoms with E-state index in [-0.39, 0.29) is 24.0 Å². The van der Waals surface area contributed by atoms with Gasteiger partial charge in [-0.05, 0) is 32.8 Å². The topological polar surface area (TPSA) is 137 Å². The fourth-order valence-corrected chi connectivity index (χ4v) is 2.70. The van der Waals surface area contributed by atoms with Gasteiger partial charge in [-0.25, -0.2) is 9.97 Å². The van der Waals surface area contributed by atoms with E-state index in [0.717, 1.165) is 19.4 Å². The Balaban J connectivity index is 0.000000208. The average molecular weight is 374 g/mol. The molecule has 3 heterocycles. The molecule has 0 aromatic carbocycles. The molecule has 2 aromatic heterocycles. The predicted molar refractivity (Wildman–Crippen MR) is 103 cm³/mol. The minimum Gasteiger partial charge on any atom is -0.391 e. The molecule has 0 bridgehead atoms. The smallest absolute Gasteiger partial charge is 0.255 e. The summed E-state index contributed by atoms with van der Waals surface area (Å²) in [5.74, 6) is 0.0376. The van der Waals surface area contributed by atoms with E-state index in [1.165, 1.54) is 12.3 Å². The molecular formula is C18H26N6O3. The van der Waals surface area contributed by atoms with E-state index in [4.69, 9.17) is 5.73 Å². The number of hydrogen-bond donors (Lipinski definition) is 4. The maximum absolute atomic E-state index is 11.8. The van der Waals surface area contributed by atoms with E-state index in [9.17, 15) is 14.7 Å². The lowest BCUT2D eigenvalue weighted by molar-refractivity contribution is -0.128. The maximum atomic E-state index is 11.8. The number of H-pyrrole nitrogens is 1. The summed E-state index contributed by atoms with van der Waals surface area (Å²) in [5.41, 5.74) is 7.05. The van der Waals surface area contributed by atoms with Crippen molar-refractivity contribution in [3.05, 3.63) is 30.6 Å². The van der Waals surface area contributed by atoms with Crippen LogP contribution in [0.3, 0.4) is 0 Å². The van der Waals surface area contributed by atoms with Crippen molar-refractivity contribution in [3.8, 4) is 0 Å². The highest BCUT2D eigenvalue weighted by molar-refractivity contribution is 6.04. The standard InChI is InChI=1S/C10H13N5O.C8H13NO2/c1-5(2)14-10(16)6-3-12-9-8(6)15-7(11)4-13-9;1-2-8(11)9-5-3-4-7(10)6-9/h3-5H,1-2H3,(H2,11,15)(H,12,13)(H,14,16);2,7,10H,1,3-6H2. The first kappa shape index (κ1) is 20.4. The number of carbonyl (C=O) groups excluding carboxylic acids is 2. The van der Waals surface area contributed by atoms with E-state index in [1.54, 1.807) is 11.1 Å². The molecule has 1 aliphatic heterocycles. The summed E-state index contributed by atoms with van der Waals surface area (Å²) in [4.78, 5) is 35.4. The lowest BCUT2D eigenvalue weighted by Crippen LogP contribution is -2.41. The van der Waals surface area contributed by atoms with Gasteiger partial charge in [-0.1, -0.05) is 6.58 Å². The third-order valence-corrected chi connectivity index (χ3v) is 3.95. The number of fused-ring (bicyclic) bond motifs is 1. The van der Waals surface area contributed by atoms with Crippen LogP contribution in [0, 0.1) is 0 Å². The number of nitrogens with zero attached hydrogens (tertiary/aromatic N) is 3. The first-order valence-corrected chi connectivity index (χ1v) is 8.81. The summed E-state index contributed by atoms with van der Waals surface area (Å²) in [7, 11) is 0. The van der Waals surface area contributed by atoms with Gasteiger partial charge in [-0.2, -0.15) is 0 Å². The Morgan fingerprint density at radius 3 is 2.89 bits per heavy atom. The number of rotatable bonds is 3. The number of aromatic nitrogens is 3. The first-order chi connectivity index (χ1) is 12.8. The molecule has 1 fully saturated rings. The summed E-state index contributed by atoms with van der Waals surface area (Å²) >= 11 is 0. The monoisotopic (exact) mass is 374 g/mol. The van der Waals surface area contributed by atoms with Crippen LogP contribution in [-0.4, -0.2) is 62.0 Å². The third kappa shape index (κ3) is 5.52. The van der Waals surface area contributed by atoms with Crippen molar-refractivity contribution < 1.29 is 14.7 Å². The average Bonchev–Trinajstić information content (AvgIpc) is 3.04. The van der Waals surface area contributed by atoms with Crippen LogP contribution < -0.4 is 11.1 Å². The minimum absolute atomic E-state index is 0.0754. The molecule has 0 saturated carbocycles. The van der Waals surface area contributed by atoms with Gasteiger partial charge < -0.3 is 26.0 Å². The Bertz CT molecular complexity index is 817. The molecule has 1 atom stereocenters. The van der Waals surface area contributed by atoms with Crippen LogP contribution in [0.4, 0.5) is 5.82 Å². The highest BCUT2D eigenvalue weighted by atomic mass is 16.3. The molecule has 2 amide bonds. The second kappa shape index (κ2) is 9.13. The van der Waals surface area contributed by atoms with Crippen LogP contribution in [0.15, 0.2) is 25.0 Å². The van der Waals surface area contributed by atoms with Crippen molar-refractivity contribution in [2.45, 2.75) is 38.8 Å².